The first-order chi connectivity index (χ1) is 9.92. The number of hydrogen-bond acceptors (Lipinski definition) is 4. The molecule has 2 rings (SSSR count). The molecule has 1 aromatic rings. The van der Waals surface area contributed by atoms with Crippen LogP contribution in [0.5, 0.6) is 0 Å². The SMILES string of the molecule is CN(C)C(CNC(=O)C1CCCCC1(C)N)c1cccs1. The molecule has 5 heteroatoms. The van der Waals surface area contributed by atoms with Gasteiger partial charge >= 0.3 is 0 Å². The first-order valence-electron chi connectivity index (χ1n) is 7.68. The molecule has 1 aliphatic carbocycles. The lowest BCUT2D eigenvalue weighted by atomic mass is 9.74. The first-order valence-corrected chi connectivity index (χ1v) is 8.56. The van der Waals surface area contributed by atoms with Gasteiger partial charge in [0.25, 0.3) is 0 Å². The molecule has 1 amide bonds. The molecule has 118 valence electrons. The van der Waals surface area contributed by atoms with Crippen molar-refractivity contribution in [2.75, 3.05) is 20.6 Å². The molecular formula is C16H27N3OS. The predicted octanol–water partition coefficient (Wildman–Crippen LogP) is 2.37. The minimum Gasteiger partial charge on any atom is -0.354 e. The average molecular weight is 309 g/mol. The maximum Gasteiger partial charge on any atom is 0.225 e. The monoisotopic (exact) mass is 309 g/mol. The summed E-state index contributed by atoms with van der Waals surface area (Å²) in [6.07, 6.45) is 4.08. The van der Waals surface area contributed by atoms with E-state index in [0.29, 0.717) is 6.54 Å². The van der Waals surface area contributed by atoms with Crippen LogP contribution < -0.4 is 11.1 Å². The van der Waals surface area contributed by atoms with Gasteiger partial charge in [-0.05, 0) is 45.3 Å². The summed E-state index contributed by atoms with van der Waals surface area (Å²) in [6.45, 7) is 2.65. The van der Waals surface area contributed by atoms with Crippen LogP contribution in [0.2, 0.25) is 0 Å². The molecule has 1 fully saturated rings. The molecule has 0 aromatic carbocycles. The van der Waals surface area contributed by atoms with E-state index in [1.165, 1.54) is 4.88 Å². The number of carbonyl (C=O) groups excluding carboxylic acids is 1. The summed E-state index contributed by atoms with van der Waals surface area (Å²) in [4.78, 5) is 15.9. The second-order valence-electron chi connectivity index (χ2n) is 6.54. The maximum atomic E-state index is 12.5. The first kappa shape index (κ1) is 16.5. The van der Waals surface area contributed by atoms with E-state index in [0.717, 1.165) is 25.7 Å². The molecule has 0 aliphatic heterocycles. The van der Waals surface area contributed by atoms with Crippen LogP contribution >= 0.6 is 11.3 Å². The number of rotatable bonds is 5. The zero-order valence-corrected chi connectivity index (χ0v) is 14.1. The van der Waals surface area contributed by atoms with Gasteiger partial charge in [-0.15, -0.1) is 11.3 Å². The molecule has 1 aromatic heterocycles. The highest BCUT2D eigenvalue weighted by molar-refractivity contribution is 7.10. The molecule has 3 unspecified atom stereocenters. The van der Waals surface area contributed by atoms with E-state index in [-0.39, 0.29) is 23.4 Å². The minimum absolute atomic E-state index is 0.0580. The lowest BCUT2D eigenvalue weighted by Gasteiger charge is -2.37. The van der Waals surface area contributed by atoms with Gasteiger partial charge < -0.3 is 16.0 Å². The Bertz CT molecular complexity index is 456. The van der Waals surface area contributed by atoms with Crippen molar-refractivity contribution in [3.05, 3.63) is 22.4 Å². The molecular weight excluding hydrogens is 282 g/mol. The van der Waals surface area contributed by atoms with Crippen LogP contribution in [-0.2, 0) is 4.79 Å². The standard InChI is InChI=1S/C16H27N3OS/c1-16(17)9-5-4-7-12(16)15(20)18-11-13(19(2)3)14-8-6-10-21-14/h6,8,10,12-13H,4-5,7,9,11,17H2,1-3H3,(H,18,20). The quantitative estimate of drug-likeness (QED) is 0.878. The van der Waals surface area contributed by atoms with E-state index in [4.69, 9.17) is 5.73 Å². The summed E-state index contributed by atoms with van der Waals surface area (Å²) in [5.41, 5.74) is 5.95. The Labute approximate surface area is 131 Å². The van der Waals surface area contributed by atoms with Gasteiger partial charge in [0.05, 0.1) is 12.0 Å². The second kappa shape index (κ2) is 6.90. The van der Waals surface area contributed by atoms with E-state index in [9.17, 15) is 4.79 Å². The van der Waals surface area contributed by atoms with Gasteiger partial charge in [-0.25, -0.2) is 0 Å². The van der Waals surface area contributed by atoms with E-state index in [1.54, 1.807) is 11.3 Å². The fourth-order valence-corrected chi connectivity index (χ4v) is 4.05. The van der Waals surface area contributed by atoms with Crippen LogP contribution in [0.4, 0.5) is 0 Å². The highest BCUT2D eigenvalue weighted by atomic mass is 32.1. The van der Waals surface area contributed by atoms with Crippen molar-refractivity contribution in [1.29, 1.82) is 0 Å². The van der Waals surface area contributed by atoms with Crippen molar-refractivity contribution in [2.24, 2.45) is 11.7 Å². The van der Waals surface area contributed by atoms with Crippen LogP contribution in [0.3, 0.4) is 0 Å². The fourth-order valence-electron chi connectivity index (χ4n) is 3.13. The molecule has 3 N–H and O–H groups in total. The summed E-state index contributed by atoms with van der Waals surface area (Å²) in [7, 11) is 4.09. The molecule has 0 saturated heterocycles. The smallest absolute Gasteiger partial charge is 0.225 e. The van der Waals surface area contributed by atoms with Crippen LogP contribution in [0.15, 0.2) is 17.5 Å². The minimum atomic E-state index is -0.362. The summed E-state index contributed by atoms with van der Waals surface area (Å²) in [5.74, 6) is 0.0560. The number of likely N-dealkylation sites (N-methyl/N-ethyl adjacent to an activating group) is 1. The van der Waals surface area contributed by atoms with E-state index in [2.05, 4.69) is 27.7 Å². The molecule has 21 heavy (non-hydrogen) atoms. The summed E-state index contributed by atoms with van der Waals surface area (Å²) >= 11 is 1.73. The van der Waals surface area contributed by atoms with Gasteiger partial charge in [0.1, 0.15) is 0 Å². The third-order valence-electron chi connectivity index (χ3n) is 4.54. The number of hydrogen-bond donors (Lipinski definition) is 2. The number of nitrogens with one attached hydrogen (secondary N) is 1. The van der Waals surface area contributed by atoms with Crippen LogP contribution in [-0.4, -0.2) is 37.0 Å². The predicted molar refractivity (Wildman–Crippen MR) is 88.3 cm³/mol. The Kier molecular flexibility index (Phi) is 5.41. The number of amides is 1. The molecule has 0 bridgehead atoms. The van der Waals surface area contributed by atoms with Gasteiger partial charge in [0.2, 0.25) is 5.91 Å². The Morgan fingerprint density at radius 1 is 1.57 bits per heavy atom. The summed E-state index contributed by atoms with van der Waals surface area (Å²) in [5, 5.41) is 5.20. The largest absolute Gasteiger partial charge is 0.354 e. The Morgan fingerprint density at radius 3 is 2.90 bits per heavy atom. The Morgan fingerprint density at radius 2 is 2.33 bits per heavy atom. The molecule has 4 nitrogen and oxygen atoms in total. The molecule has 0 radical (unpaired) electrons. The Balaban J connectivity index is 1.96. The molecule has 1 aliphatic rings. The van der Waals surface area contributed by atoms with Crippen molar-refractivity contribution >= 4 is 17.2 Å². The van der Waals surface area contributed by atoms with Gasteiger partial charge in [-0.2, -0.15) is 0 Å². The lowest BCUT2D eigenvalue weighted by Crippen LogP contribution is -2.53. The van der Waals surface area contributed by atoms with Crippen LogP contribution in [0.1, 0.15) is 43.5 Å². The summed E-state index contributed by atoms with van der Waals surface area (Å²) < 4.78 is 0. The fraction of sp³-hybridized carbons (Fsp3) is 0.688. The molecule has 3 atom stereocenters. The van der Waals surface area contributed by atoms with Crippen molar-refractivity contribution in [3.8, 4) is 0 Å². The number of nitrogens with zero attached hydrogens (tertiary/aromatic N) is 1. The second-order valence-corrected chi connectivity index (χ2v) is 7.52. The lowest BCUT2D eigenvalue weighted by molar-refractivity contribution is -0.128. The third-order valence-corrected chi connectivity index (χ3v) is 5.51. The van der Waals surface area contributed by atoms with E-state index in [1.807, 2.05) is 21.0 Å². The zero-order chi connectivity index (χ0) is 15.5. The van der Waals surface area contributed by atoms with Crippen LogP contribution in [0.25, 0.3) is 0 Å². The highest BCUT2D eigenvalue weighted by Crippen LogP contribution is 2.32. The van der Waals surface area contributed by atoms with E-state index >= 15 is 0 Å². The maximum absolute atomic E-state index is 12.5. The van der Waals surface area contributed by atoms with E-state index < -0.39 is 0 Å². The normalized spacial score (nSPS) is 27.6. The van der Waals surface area contributed by atoms with Crippen molar-refractivity contribution in [3.63, 3.8) is 0 Å². The molecule has 0 spiro atoms. The number of carbonyl (C=O) groups is 1. The van der Waals surface area contributed by atoms with Gasteiger partial charge in [0.15, 0.2) is 0 Å². The van der Waals surface area contributed by atoms with Crippen molar-refractivity contribution in [1.82, 2.24) is 10.2 Å². The topological polar surface area (TPSA) is 58.4 Å². The number of nitrogens with two attached hydrogens (primary N) is 1. The number of thiophene rings is 1. The highest BCUT2D eigenvalue weighted by Gasteiger charge is 2.37. The average Bonchev–Trinajstić information content (AvgIpc) is 2.91. The molecule has 1 saturated carbocycles. The third kappa shape index (κ3) is 4.05. The van der Waals surface area contributed by atoms with Gasteiger partial charge in [-0.3, -0.25) is 4.79 Å². The molecule has 1 heterocycles. The Hall–Kier alpha value is -0.910. The van der Waals surface area contributed by atoms with Crippen LogP contribution in [0, 0.1) is 5.92 Å². The van der Waals surface area contributed by atoms with Crippen molar-refractivity contribution in [2.45, 2.75) is 44.2 Å². The van der Waals surface area contributed by atoms with Gasteiger partial charge in [-0.1, -0.05) is 18.9 Å². The summed E-state index contributed by atoms with van der Waals surface area (Å²) in [6, 6.07) is 4.40. The van der Waals surface area contributed by atoms with Crippen molar-refractivity contribution < 1.29 is 4.79 Å². The zero-order valence-electron chi connectivity index (χ0n) is 13.3. The van der Waals surface area contributed by atoms with Gasteiger partial charge in [0, 0.05) is 17.0 Å².